The number of ether oxygens (including phenoxy) is 2. The molecule has 1 aliphatic carbocycles. The first kappa shape index (κ1) is 23.9. The molecule has 0 spiro atoms. The third kappa shape index (κ3) is 3.83. The van der Waals surface area contributed by atoms with Crippen LogP contribution in [0.1, 0.15) is 44.2 Å². The Bertz CT molecular complexity index is 1390. The summed E-state index contributed by atoms with van der Waals surface area (Å²) in [7, 11) is 1.48. The monoisotopic (exact) mass is 512 g/mol. The Balaban J connectivity index is 1.17. The second kappa shape index (κ2) is 9.42. The Morgan fingerprint density at radius 3 is 1.89 bits per heavy atom. The smallest absolute Gasteiger partial charge is 0.410 e. The number of rotatable bonds is 5. The largest absolute Gasteiger partial charge is 0.448 e. The molecule has 2 heterocycles. The van der Waals surface area contributed by atoms with Crippen LogP contribution in [0.4, 0.5) is 4.79 Å². The topological polar surface area (TPSA) is 102 Å². The zero-order valence-electron chi connectivity index (χ0n) is 20.5. The lowest BCUT2D eigenvalue weighted by Crippen LogP contribution is -2.45. The predicted octanol–water partition coefficient (Wildman–Crippen LogP) is 3.78. The summed E-state index contributed by atoms with van der Waals surface area (Å²) in [6.07, 6.45) is -0.992. The van der Waals surface area contributed by atoms with Gasteiger partial charge in [-0.3, -0.25) is 14.5 Å². The predicted molar refractivity (Wildman–Crippen MR) is 134 cm³/mol. The first-order chi connectivity index (χ1) is 18.5. The van der Waals surface area contributed by atoms with Gasteiger partial charge in [-0.15, -0.1) is 0 Å². The Morgan fingerprint density at radius 1 is 0.816 bits per heavy atom. The summed E-state index contributed by atoms with van der Waals surface area (Å²) in [5, 5.41) is 0.447. The van der Waals surface area contributed by atoms with Crippen molar-refractivity contribution in [2.75, 3.05) is 20.3 Å². The molecule has 192 valence electrons. The average Bonchev–Trinajstić information content (AvgIpc) is 3.60. The normalized spacial score (nSPS) is 19.8. The molecule has 2 aliphatic heterocycles. The second-order valence-electron chi connectivity index (χ2n) is 9.43. The highest BCUT2D eigenvalue weighted by Crippen LogP contribution is 2.44. The summed E-state index contributed by atoms with van der Waals surface area (Å²) in [4.78, 5) is 58.1. The fourth-order valence-electron chi connectivity index (χ4n) is 5.47. The van der Waals surface area contributed by atoms with Gasteiger partial charge < -0.3 is 14.3 Å². The molecule has 38 heavy (non-hydrogen) atoms. The molecule has 3 aliphatic rings. The molecule has 3 aromatic carbocycles. The highest BCUT2D eigenvalue weighted by Gasteiger charge is 2.46. The fraction of sp³-hybridized carbons (Fsp3) is 0.241. The minimum atomic E-state index is -1.08. The number of likely N-dealkylation sites (tertiary alicyclic amines) is 1. The first-order valence-corrected chi connectivity index (χ1v) is 12.3. The van der Waals surface area contributed by atoms with E-state index < -0.39 is 36.0 Å². The van der Waals surface area contributed by atoms with Crippen molar-refractivity contribution in [3.05, 3.63) is 95.1 Å². The lowest BCUT2D eigenvalue weighted by atomic mass is 9.98. The van der Waals surface area contributed by atoms with Gasteiger partial charge in [0, 0.05) is 19.4 Å². The van der Waals surface area contributed by atoms with Gasteiger partial charge >= 0.3 is 12.1 Å². The number of carbonyl (C=O) groups excluding carboxylic acids is 4. The number of methoxy groups -OCH3 is 1. The van der Waals surface area contributed by atoms with E-state index in [2.05, 4.69) is 0 Å². The molecule has 3 amide bonds. The van der Waals surface area contributed by atoms with Crippen molar-refractivity contribution >= 4 is 23.9 Å². The minimum Gasteiger partial charge on any atom is -0.448 e. The molecule has 3 aromatic rings. The van der Waals surface area contributed by atoms with E-state index in [0.29, 0.717) is 5.06 Å². The van der Waals surface area contributed by atoms with Crippen LogP contribution in [0.15, 0.2) is 72.8 Å². The zero-order chi connectivity index (χ0) is 26.4. The van der Waals surface area contributed by atoms with Crippen molar-refractivity contribution in [3.63, 3.8) is 0 Å². The van der Waals surface area contributed by atoms with Gasteiger partial charge in [0.05, 0.1) is 23.8 Å². The van der Waals surface area contributed by atoms with E-state index in [4.69, 9.17) is 14.3 Å². The lowest BCUT2D eigenvalue weighted by Gasteiger charge is -2.24. The molecule has 0 unspecified atom stereocenters. The van der Waals surface area contributed by atoms with Crippen LogP contribution in [-0.4, -0.2) is 66.2 Å². The van der Waals surface area contributed by atoms with Crippen LogP contribution in [0.5, 0.6) is 0 Å². The second-order valence-corrected chi connectivity index (χ2v) is 9.43. The van der Waals surface area contributed by atoms with Gasteiger partial charge in [0.15, 0.2) is 0 Å². The molecule has 0 N–H and O–H groups in total. The number of amides is 3. The van der Waals surface area contributed by atoms with Gasteiger partial charge in [-0.25, -0.2) is 9.59 Å². The maximum atomic E-state index is 13.2. The summed E-state index contributed by atoms with van der Waals surface area (Å²) in [6, 6.07) is 21.1. The average molecular weight is 513 g/mol. The van der Waals surface area contributed by atoms with Crippen molar-refractivity contribution in [1.82, 2.24) is 9.96 Å². The summed E-state index contributed by atoms with van der Waals surface area (Å²) in [6.45, 7) is 0.191. The van der Waals surface area contributed by atoms with Crippen LogP contribution in [0.2, 0.25) is 0 Å². The van der Waals surface area contributed by atoms with Crippen molar-refractivity contribution in [1.29, 1.82) is 0 Å². The molecule has 1 saturated heterocycles. The number of hydrogen-bond donors (Lipinski definition) is 0. The molecule has 1 fully saturated rings. The zero-order valence-corrected chi connectivity index (χ0v) is 20.5. The Kier molecular flexibility index (Phi) is 5.92. The van der Waals surface area contributed by atoms with Gasteiger partial charge in [0.1, 0.15) is 12.6 Å². The maximum Gasteiger partial charge on any atom is 0.410 e. The molecular formula is C29H24N2O7. The first-order valence-electron chi connectivity index (χ1n) is 12.3. The van der Waals surface area contributed by atoms with Crippen LogP contribution in [0.25, 0.3) is 11.1 Å². The number of hydrogen-bond acceptors (Lipinski definition) is 7. The van der Waals surface area contributed by atoms with Gasteiger partial charge in [-0.2, -0.15) is 0 Å². The molecule has 0 saturated carbocycles. The van der Waals surface area contributed by atoms with E-state index in [-0.39, 0.29) is 36.6 Å². The number of fused-ring (bicyclic) bond motifs is 4. The molecular weight excluding hydrogens is 488 g/mol. The van der Waals surface area contributed by atoms with Crippen LogP contribution < -0.4 is 0 Å². The van der Waals surface area contributed by atoms with E-state index in [1.165, 1.54) is 24.1 Å². The van der Waals surface area contributed by atoms with Crippen molar-refractivity contribution < 1.29 is 33.5 Å². The van der Waals surface area contributed by atoms with E-state index in [1.807, 2.05) is 48.5 Å². The van der Waals surface area contributed by atoms with Crippen LogP contribution >= 0.6 is 0 Å². The molecule has 9 nitrogen and oxygen atoms in total. The number of carbonyl (C=O) groups is 4. The van der Waals surface area contributed by atoms with Gasteiger partial charge in [0.2, 0.25) is 0 Å². The highest BCUT2D eigenvalue weighted by atomic mass is 16.7. The summed E-state index contributed by atoms with van der Waals surface area (Å²) >= 11 is 0. The Hall–Kier alpha value is -4.50. The number of benzene rings is 3. The molecule has 0 bridgehead atoms. The molecule has 0 radical (unpaired) electrons. The maximum absolute atomic E-state index is 13.2. The highest BCUT2D eigenvalue weighted by molar-refractivity contribution is 6.21. The molecule has 6 rings (SSSR count). The van der Waals surface area contributed by atoms with Crippen LogP contribution in [0, 0.1) is 0 Å². The third-order valence-electron chi connectivity index (χ3n) is 7.38. The number of hydroxylamine groups is 2. The van der Waals surface area contributed by atoms with Crippen LogP contribution in [-0.2, 0) is 19.1 Å². The van der Waals surface area contributed by atoms with Crippen molar-refractivity contribution in [3.8, 4) is 11.1 Å². The van der Waals surface area contributed by atoms with Gasteiger partial charge in [0.25, 0.3) is 11.8 Å². The van der Waals surface area contributed by atoms with Gasteiger partial charge in [-0.05, 0) is 34.4 Å². The van der Waals surface area contributed by atoms with Gasteiger partial charge in [-0.1, -0.05) is 65.7 Å². The van der Waals surface area contributed by atoms with Crippen LogP contribution in [0.3, 0.4) is 0 Å². The molecule has 9 heteroatoms. The summed E-state index contributed by atoms with van der Waals surface area (Å²) in [5.74, 6) is -2.51. The van der Waals surface area contributed by atoms with Crippen molar-refractivity contribution in [2.24, 2.45) is 0 Å². The quantitative estimate of drug-likeness (QED) is 0.480. The number of nitrogens with zero attached hydrogens (tertiary/aromatic N) is 2. The molecule has 2 atom stereocenters. The van der Waals surface area contributed by atoms with E-state index >= 15 is 0 Å². The summed E-state index contributed by atoms with van der Waals surface area (Å²) in [5.41, 5.74) is 4.65. The fourth-order valence-corrected chi connectivity index (χ4v) is 5.47. The standard InChI is InChI=1S/C29H24N2O7/c1-36-17-14-25(28(34)38-31-26(32)22-12-6-7-13-23(22)27(31)33)30(15-17)29(35)37-16-24-20-10-4-2-8-18(20)19-9-3-5-11-21(19)24/h2-13,17,24-25H,14-16H2,1H3/t17-,25+/m1/s1. The van der Waals surface area contributed by atoms with E-state index in [9.17, 15) is 19.2 Å². The SMILES string of the molecule is CO[C@@H]1C[C@@H](C(=O)ON2C(=O)c3ccccc3C2=O)N(C(=O)OCC2c3ccccc3-c3ccccc32)C1. The van der Waals surface area contributed by atoms with E-state index in [0.717, 1.165) is 22.3 Å². The number of imide groups is 1. The summed E-state index contributed by atoms with van der Waals surface area (Å²) < 4.78 is 11.1. The van der Waals surface area contributed by atoms with Crippen molar-refractivity contribution in [2.45, 2.75) is 24.5 Å². The Labute approximate surface area is 218 Å². The van der Waals surface area contributed by atoms with E-state index in [1.54, 1.807) is 12.1 Å². The lowest BCUT2D eigenvalue weighted by molar-refractivity contribution is -0.173. The Morgan fingerprint density at radius 2 is 1.34 bits per heavy atom. The third-order valence-corrected chi connectivity index (χ3v) is 7.38. The minimum absolute atomic E-state index is 0.0845. The molecule has 0 aromatic heterocycles.